The van der Waals surface area contributed by atoms with Crippen molar-refractivity contribution in [3.05, 3.63) is 102 Å². The lowest BCUT2D eigenvalue weighted by molar-refractivity contribution is -0.114. The molecule has 0 bridgehead atoms. The number of aromatic amines is 1. The average Bonchev–Trinajstić information content (AvgIpc) is 3.49. The van der Waals surface area contributed by atoms with Crippen LogP contribution in [0.15, 0.2) is 85.1 Å². The van der Waals surface area contributed by atoms with Crippen LogP contribution in [0.25, 0.3) is 39.0 Å². The van der Waals surface area contributed by atoms with Crippen molar-refractivity contribution in [2.45, 2.75) is 20.4 Å². The van der Waals surface area contributed by atoms with Gasteiger partial charge in [-0.25, -0.2) is 0 Å². The second-order valence-electron chi connectivity index (χ2n) is 9.10. The average molecular weight is 488 g/mol. The summed E-state index contributed by atoms with van der Waals surface area (Å²) in [7, 11) is 0. The van der Waals surface area contributed by atoms with E-state index in [4.69, 9.17) is 5.41 Å². The molecule has 0 saturated heterocycles. The van der Waals surface area contributed by atoms with Crippen LogP contribution in [0.1, 0.15) is 18.1 Å². The molecular formula is C29H25N7O. The van der Waals surface area contributed by atoms with E-state index in [1.54, 1.807) is 0 Å². The fourth-order valence-electron chi connectivity index (χ4n) is 4.84. The Bertz CT molecular complexity index is 1840. The smallest absolute Gasteiger partial charge is 0.221 e. The Hall–Kier alpha value is -4.98. The van der Waals surface area contributed by atoms with Gasteiger partial charge < -0.3 is 14.9 Å². The number of anilines is 1. The molecule has 37 heavy (non-hydrogen) atoms. The highest BCUT2D eigenvalue weighted by Gasteiger charge is 2.16. The lowest BCUT2D eigenvalue weighted by atomic mass is 10.1. The van der Waals surface area contributed by atoms with Gasteiger partial charge in [-0.15, -0.1) is 10.2 Å². The summed E-state index contributed by atoms with van der Waals surface area (Å²) in [6.45, 7) is 4.03. The lowest BCUT2D eigenvalue weighted by Crippen LogP contribution is -2.24. The Kier molecular flexibility index (Phi) is 5.41. The van der Waals surface area contributed by atoms with Gasteiger partial charge in [0.05, 0.1) is 29.0 Å². The van der Waals surface area contributed by atoms with Crippen LogP contribution in [-0.2, 0) is 11.3 Å². The molecule has 0 fully saturated rings. The predicted molar refractivity (Wildman–Crippen MR) is 145 cm³/mol. The molecule has 0 atom stereocenters. The molecular weight excluding hydrogens is 462 g/mol. The fraction of sp³-hybridized carbons (Fsp3) is 0.103. The molecule has 0 unspecified atom stereocenters. The topological polar surface area (TPSA) is 104 Å². The van der Waals surface area contributed by atoms with Crippen molar-refractivity contribution >= 4 is 33.5 Å². The van der Waals surface area contributed by atoms with Crippen LogP contribution in [0, 0.1) is 12.3 Å². The van der Waals surface area contributed by atoms with Crippen molar-refractivity contribution in [2.75, 3.05) is 5.32 Å². The molecule has 8 nitrogen and oxygen atoms in total. The highest BCUT2D eigenvalue weighted by atomic mass is 16.1. The van der Waals surface area contributed by atoms with Crippen LogP contribution in [0.4, 0.5) is 5.69 Å². The van der Waals surface area contributed by atoms with E-state index in [9.17, 15) is 4.79 Å². The number of carbonyl (C=O) groups is 1. The van der Waals surface area contributed by atoms with Gasteiger partial charge in [-0.2, -0.15) is 0 Å². The minimum atomic E-state index is -0.146. The highest BCUT2D eigenvalue weighted by molar-refractivity contribution is 5.93. The molecule has 3 aromatic carbocycles. The predicted octanol–water partition coefficient (Wildman–Crippen LogP) is 5.16. The maximum atomic E-state index is 11.7. The molecule has 3 heterocycles. The van der Waals surface area contributed by atoms with E-state index in [1.165, 1.54) is 6.92 Å². The number of H-pyrrole nitrogens is 1. The van der Waals surface area contributed by atoms with Gasteiger partial charge in [0, 0.05) is 29.6 Å². The molecule has 3 aromatic heterocycles. The summed E-state index contributed by atoms with van der Waals surface area (Å²) in [6, 6.07) is 25.7. The number of para-hydroxylation sites is 2. The van der Waals surface area contributed by atoms with Gasteiger partial charge in [0.25, 0.3) is 0 Å². The van der Waals surface area contributed by atoms with Gasteiger partial charge in [-0.3, -0.25) is 14.8 Å². The summed E-state index contributed by atoms with van der Waals surface area (Å²) in [5.74, 6) is 0.407. The monoisotopic (exact) mass is 487 g/mol. The number of hydrogen-bond donors (Lipinski definition) is 3. The molecule has 1 amide bonds. The number of hydrogen-bond acceptors (Lipinski definition) is 4. The van der Waals surface area contributed by atoms with E-state index in [2.05, 4.69) is 38.7 Å². The van der Waals surface area contributed by atoms with Gasteiger partial charge in [-0.05, 0) is 61.0 Å². The Labute approximate surface area is 212 Å². The molecule has 0 aliphatic rings. The van der Waals surface area contributed by atoms with Crippen molar-refractivity contribution in [3.63, 3.8) is 0 Å². The second-order valence-corrected chi connectivity index (χ2v) is 9.10. The van der Waals surface area contributed by atoms with Crippen LogP contribution >= 0.6 is 0 Å². The van der Waals surface area contributed by atoms with E-state index >= 15 is 0 Å². The number of nitrogens with zero attached hydrogens (tertiary/aromatic N) is 4. The van der Waals surface area contributed by atoms with Crippen molar-refractivity contribution < 1.29 is 4.79 Å². The van der Waals surface area contributed by atoms with E-state index in [-0.39, 0.29) is 5.91 Å². The zero-order valence-electron chi connectivity index (χ0n) is 20.5. The van der Waals surface area contributed by atoms with Gasteiger partial charge >= 0.3 is 0 Å². The van der Waals surface area contributed by atoms with Gasteiger partial charge in [0.1, 0.15) is 0 Å². The molecule has 0 spiro atoms. The number of imidazole rings is 1. The SMILES string of the molecule is CC(=O)Nc1ccc(C)cc1-c1ccc(-n2c(=N)n(Cc3cccc4[nH]ccc34)c3ccccc32)nn1. The van der Waals surface area contributed by atoms with Crippen LogP contribution in [0.2, 0.25) is 0 Å². The second kappa shape index (κ2) is 8.91. The zero-order valence-corrected chi connectivity index (χ0v) is 20.5. The number of fused-ring (bicyclic) bond motifs is 2. The van der Waals surface area contributed by atoms with E-state index < -0.39 is 0 Å². The third kappa shape index (κ3) is 3.98. The highest BCUT2D eigenvalue weighted by Crippen LogP contribution is 2.28. The summed E-state index contributed by atoms with van der Waals surface area (Å²) in [4.78, 5) is 15.0. The third-order valence-electron chi connectivity index (χ3n) is 6.54. The van der Waals surface area contributed by atoms with E-state index in [1.807, 2.05) is 82.9 Å². The van der Waals surface area contributed by atoms with Gasteiger partial charge in [-0.1, -0.05) is 35.9 Å². The Morgan fingerprint density at radius 1 is 0.973 bits per heavy atom. The van der Waals surface area contributed by atoms with E-state index in [0.717, 1.165) is 38.6 Å². The largest absolute Gasteiger partial charge is 0.361 e. The summed E-state index contributed by atoms with van der Waals surface area (Å²) < 4.78 is 3.80. The number of amides is 1. The van der Waals surface area contributed by atoms with Crippen molar-refractivity contribution in [1.29, 1.82) is 5.41 Å². The Morgan fingerprint density at radius 3 is 2.59 bits per heavy atom. The van der Waals surface area contributed by atoms with Crippen LogP contribution in [0.5, 0.6) is 0 Å². The summed E-state index contributed by atoms with van der Waals surface area (Å²) >= 11 is 0. The Morgan fingerprint density at radius 2 is 1.81 bits per heavy atom. The molecule has 6 rings (SSSR count). The quantitative estimate of drug-likeness (QED) is 0.313. The fourth-order valence-corrected chi connectivity index (χ4v) is 4.84. The molecule has 3 N–H and O–H groups in total. The number of carbonyl (C=O) groups excluding carboxylic acids is 1. The van der Waals surface area contributed by atoms with E-state index in [0.29, 0.717) is 29.4 Å². The van der Waals surface area contributed by atoms with Crippen LogP contribution in [0.3, 0.4) is 0 Å². The molecule has 6 aromatic rings. The number of rotatable bonds is 5. The number of benzene rings is 3. The third-order valence-corrected chi connectivity index (χ3v) is 6.54. The molecule has 0 saturated carbocycles. The first-order valence-corrected chi connectivity index (χ1v) is 12.0. The molecule has 0 aliphatic carbocycles. The minimum Gasteiger partial charge on any atom is -0.361 e. The molecule has 182 valence electrons. The standard InChI is InChI=1S/C29H25N7O/c1-18-10-11-24(32-19(2)37)22(16-18)25-12-13-28(34-33-25)36-27-9-4-3-8-26(27)35(29(36)30)17-20-6-5-7-23-21(20)14-15-31-23/h3-16,30-31H,17H2,1-2H3,(H,32,37). The molecule has 0 radical (unpaired) electrons. The maximum absolute atomic E-state index is 11.7. The van der Waals surface area contributed by atoms with Gasteiger partial charge in [0.15, 0.2) is 5.82 Å². The summed E-state index contributed by atoms with van der Waals surface area (Å²) in [6.07, 6.45) is 1.94. The first-order valence-electron chi connectivity index (χ1n) is 12.0. The maximum Gasteiger partial charge on any atom is 0.221 e. The van der Waals surface area contributed by atoms with Crippen LogP contribution in [-0.4, -0.2) is 30.2 Å². The number of nitrogens with one attached hydrogen (secondary N) is 3. The van der Waals surface area contributed by atoms with Crippen molar-refractivity contribution in [3.8, 4) is 17.1 Å². The summed E-state index contributed by atoms with van der Waals surface area (Å²) in [5.41, 5.74) is 7.52. The molecule has 8 heteroatoms. The lowest BCUT2D eigenvalue weighted by Gasteiger charge is -2.11. The number of aryl methyl sites for hydroxylation is 1. The first-order chi connectivity index (χ1) is 18.0. The normalized spacial score (nSPS) is 11.3. The number of aromatic nitrogens is 5. The van der Waals surface area contributed by atoms with Gasteiger partial charge in [0.2, 0.25) is 11.5 Å². The summed E-state index contributed by atoms with van der Waals surface area (Å²) in [5, 5.41) is 22.1. The minimum absolute atomic E-state index is 0.146. The first kappa shape index (κ1) is 22.5. The van der Waals surface area contributed by atoms with Crippen LogP contribution < -0.4 is 10.9 Å². The zero-order chi connectivity index (χ0) is 25.5. The molecule has 0 aliphatic heterocycles. The van der Waals surface area contributed by atoms with Crippen molar-refractivity contribution in [2.24, 2.45) is 0 Å². The Balaban J connectivity index is 1.44. The van der Waals surface area contributed by atoms with Crippen molar-refractivity contribution in [1.82, 2.24) is 24.3 Å².